The second-order valence-corrected chi connectivity index (χ2v) is 4.80. The first kappa shape index (κ1) is 11.0. The van der Waals surface area contributed by atoms with Gasteiger partial charge < -0.3 is 15.6 Å². The van der Waals surface area contributed by atoms with Crippen molar-refractivity contribution in [1.82, 2.24) is 9.88 Å². The average molecular weight is 221 g/mol. The Kier molecular flexibility index (Phi) is 2.90. The Morgan fingerprint density at radius 1 is 1.62 bits per heavy atom. The van der Waals surface area contributed by atoms with E-state index in [1.54, 1.807) is 12.3 Å². The molecule has 1 amide bonds. The summed E-state index contributed by atoms with van der Waals surface area (Å²) < 4.78 is 0. The first-order chi connectivity index (χ1) is 7.59. The van der Waals surface area contributed by atoms with Crippen LogP contribution in [0.25, 0.3) is 0 Å². The van der Waals surface area contributed by atoms with Crippen LogP contribution in [0.4, 0.5) is 5.69 Å². The first-order valence-electron chi connectivity index (χ1n) is 5.84. The third-order valence-corrected chi connectivity index (χ3v) is 3.27. The monoisotopic (exact) mass is 221 g/mol. The molecule has 4 heteroatoms. The van der Waals surface area contributed by atoms with E-state index in [0.29, 0.717) is 23.3 Å². The molecule has 0 saturated carbocycles. The van der Waals surface area contributed by atoms with Crippen molar-refractivity contribution >= 4 is 11.6 Å². The number of rotatable bonds is 2. The number of nitrogens with two attached hydrogens (primary N) is 1. The van der Waals surface area contributed by atoms with Gasteiger partial charge in [-0.3, -0.25) is 4.79 Å². The van der Waals surface area contributed by atoms with Crippen LogP contribution < -0.4 is 5.73 Å². The Bertz CT molecular complexity index is 383. The van der Waals surface area contributed by atoms with Crippen molar-refractivity contribution in [2.75, 3.05) is 12.3 Å². The molecular formula is C12H19N3O. The second-order valence-electron chi connectivity index (χ2n) is 4.80. The minimum Gasteiger partial charge on any atom is -0.397 e. The summed E-state index contributed by atoms with van der Waals surface area (Å²) in [5.74, 6) is 0.589. The van der Waals surface area contributed by atoms with Gasteiger partial charge >= 0.3 is 0 Å². The normalized spacial score (nSPS) is 20.7. The highest BCUT2D eigenvalue weighted by molar-refractivity contribution is 5.93. The lowest BCUT2D eigenvalue weighted by Gasteiger charge is -2.27. The van der Waals surface area contributed by atoms with Gasteiger partial charge in [-0.1, -0.05) is 13.8 Å². The number of likely N-dealkylation sites (tertiary alicyclic amines) is 1. The summed E-state index contributed by atoms with van der Waals surface area (Å²) in [6, 6.07) is 2.08. The standard InChI is InChI=1S/C12H19N3O/c1-8(2)11-4-3-5-15(11)12(16)10-6-9(13)7-14-10/h6-8,11,14H,3-5,13H2,1-2H3. The summed E-state index contributed by atoms with van der Waals surface area (Å²) >= 11 is 0. The molecule has 1 aromatic rings. The predicted molar refractivity (Wildman–Crippen MR) is 64.1 cm³/mol. The number of hydrogen-bond acceptors (Lipinski definition) is 2. The molecule has 1 aliphatic heterocycles. The van der Waals surface area contributed by atoms with Crippen LogP contribution in [-0.2, 0) is 0 Å². The molecule has 0 spiro atoms. The Balaban J connectivity index is 2.15. The summed E-state index contributed by atoms with van der Waals surface area (Å²) in [6.07, 6.45) is 3.87. The largest absolute Gasteiger partial charge is 0.397 e. The molecule has 2 heterocycles. The van der Waals surface area contributed by atoms with E-state index in [-0.39, 0.29) is 5.91 Å². The number of carbonyl (C=O) groups is 1. The highest BCUT2D eigenvalue weighted by atomic mass is 16.2. The van der Waals surface area contributed by atoms with Crippen LogP contribution in [0.5, 0.6) is 0 Å². The van der Waals surface area contributed by atoms with Crippen molar-refractivity contribution in [2.24, 2.45) is 5.92 Å². The van der Waals surface area contributed by atoms with Gasteiger partial charge in [0.25, 0.3) is 5.91 Å². The van der Waals surface area contributed by atoms with Crippen LogP contribution in [-0.4, -0.2) is 28.4 Å². The number of nitrogen functional groups attached to an aromatic ring is 1. The van der Waals surface area contributed by atoms with Crippen LogP contribution in [0.2, 0.25) is 0 Å². The molecule has 1 atom stereocenters. The zero-order chi connectivity index (χ0) is 11.7. The van der Waals surface area contributed by atoms with Crippen molar-refractivity contribution < 1.29 is 4.79 Å². The van der Waals surface area contributed by atoms with Crippen LogP contribution in [0.15, 0.2) is 12.3 Å². The van der Waals surface area contributed by atoms with Crippen molar-refractivity contribution in [3.8, 4) is 0 Å². The van der Waals surface area contributed by atoms with Crippen molar-refractivity contribution in [3.05, 3.63) is 18.0 Å². The topological polar surface area (TPSA) is 62.1 Å². The molecule has 0 aromatic carbocycles. The zero-order valence-electron chi connectivity index (χ0n) is 9.86. The molecule has 1 fully saturated rings. The molecule has 0 bridgehead atoms. The third kappa shape index (κ3) is 1.92. The van der Waals surface area contributed by atoms with Gasteiger partial charge in [0.2, 0.25) is 0 Å². The maximum absolute atomic E-state index is 12.2. The van der Waals surface area contributed by atoms with Gasteiger partial charge in [0.1, 0.15) is 5.69 Å². The van der Waals surface area contributed by atoms with Gasteiger partial charge in [0, 0.05) is 24.5 Å². The molecule has 1 saturated heterocycles. The van der Waals surface area contributed by atoms with Crippen LogP contribution in [0, 0.1) is 5.92 Å². The summed E-state index contributed by atoms with van der Waals surface area (Å²) in [7, 11) is 0. The molecular weight excluding hydrogens is 202 g/mol. The Morgan fingerprint density at radius 2 is 2.38 bits per heavy atom. The Hall–Kier alpha value is -1.45. The number of amides is 1. The van der Waals surface area contributed by atoms with Gasteiger partial charge in [0.15, 0.2) is 0 Å². The fraction of sp³-hybridized carbons (Fsp3) is 0.583. The van der Waals surface area contributed by atoms with Crippen molar-refractivity contribution in [3.63, 3.8) is 0 Å². The van der Waals surface area contributed by atoms with E-state index in [1.807, 2.05) is 4.90 Å². The Morgan fingerprint density at radius 3 is 2.94 bits per heavy atom. The summed E-state index contributed by atoms with van der Waals surface area (Å²) in [5, 5.41) is 0. The van der Waals surface area contributed by atoms with E-state index in [1.165, 1.54) is 0 Å². The van der Waals surface area contributed by atoms with E-state index < -0.39 is 0 Å². The molecule has 1 aliphatic rings. The fourth-order valence-electron chi connectivity index (χ4n) is 2.43. The van der Waals surface area contributed by atoms with Gasteiger partial charge in [-0.05, 0) is 24.8 Å². The molecule has 88 valence electrons. The molecule has 1 aromatic heterocycles. The summed E-state index contributed by atoms with van der Waals surface area (Å²) in [5.41, 5.74) is 6.82. The lowest BCUT2D eigenvalue weighted by molar-refractivity contribution is 0.0696. The zero-order valence-corrected chi connectivity index (χ0v) is 9.86. The maximum atomic E-state index is 12.2. The van der Waals surface area contributed by atoms with Crippen LogP contribution >= 0.6 is 0 Å². The number of anilines is 1. The van der Waals surface area contributed by atoms with E-state index in [2.05, 4.69) is 18.8 Å². The van der Waals surface area contributed by atoms with E-state index in [4.69, 9.17) is 5.73 Å². The van der Waals surface area contributed by atoms with Crippen LogP contribution in [0.3, 0.4) is 0 Å². The molecule has 3 N–H and O–H groups in total. The molecule has 1 unspecified atom stereocenters. The van der Waals surface area contributed by atoms with E-state index >= 15 is 0 Å². The number of nitrogens with one attached hydrogen (secondary N) is 1. The number of nitrogens with zero attached hydrogens (tertiary/aromatic N) is 1. The number of H-pyrrole nitrogens is 1. The van der Waals surface area contributed by atoms with Gasteiger partial charge in [0.05, 0.1) is 0 Å². The Labute approximate surface area is 95.8 Å². The first-order valence-corrected chi connectivity index (χ1v) is 5.84. The number of carbonyl (C=O) groups excluding carboxylic acids is 1. The van der Waals surface area contributed by atoms with Gasteiger partial charge in [-0.2, -0.15) is 0 Å². The van der Waals surface area contributed by atoms with Gasteiger partial charge in [-0.25, -0.2) is 0 Å². The highest BCUT2D eigenvalue weighted by Gasteiger charge is 2.31. The molecule has 0 aliphatic carbocycles. The minimum atomic E-state index is 0.0768. The fourth-order valence-corrected chi connectivity index (χ4v) is 2.43. The van der Waals surface area contributed by atoms with Gasteiger partial charge in [-0.15, -0.1) is 0 Å². The van der Waals surface area contributed by atoms with E-state index in [9.17, 15) is 4.79 Å². The number of hydrogen-bond donors (Lipinski definition) is 2. The molecule has 0 radical (unpaired) electrons. The summed E-state index contributed by atoms with van der Waals surface area (Å²) in [6.45, 7) is 5.19. The molecule has 16 heavy (non-hydrogen) atoms. The van der Waals surface area contributed by atoms with Crippen LogP contribution in [0.1, 0.15) is 37.2 Å². The predicted octanol–water partition coefficient (Wildman–Crippen LogP) is 1.86. The lowest BCUT2D eigenvalue weighted by atomic mass is 10.0. The van der Waals surface area contributed by atoms with Crippen molar-refractivity contribution in [2.45, 2.75) is 32.7 Å². The third-order valence-electron chi connectivity index (χ3n) is 3.27. The maximum Gasteiger partial charge on any atom is 0.270 e. The molecule has 2 rings (SSSR count). The van der Waals surface area contributed by atoms with Crippen molar-refractivity contribution in [1.29, 1.82) is 0 Å². The quantitative estimate of drug-likeness (QED) is 0.800. The second kappa shape index (κ2) is 4.20. The SMILES string of the molecule is CC(C)C1CCCN1C(=O)c1cc(N)c[nH]1. The summed E-state index contributed by atoms with van der Waals surface area (Å²) in [4.78, 5) is 17.1. The average Bonchev–Trinajstić information content (AvgIpc) is 2.84. The minimum absolute atomic E-state index is 0.0768. The smallest absolute Gasteiger partial charge is 0.270 e. The number of aromatic nitrogens is 1. The molecule has 4 nitrogen and oxygen atoms in total. The number of aromatic amines is 1. The lowest BCUT2D eigenvalue weighted by Crippen LogP contribution is -2.38. The van der Waals surface area contributed by atoms with E-state index in [0.717, 1.165) is 19.4 Å². The highest BCUT2D eigenvalue weighted by Crippen LogP contribution is 2.25.